The molecule has 1 aliphatic rings. The van der Waals surface area contributed by atoms with Crippen LogP contribution in [0.1, 0.15) is 112 Å². The Balaban J connectivity index is 2.11. The lowest BCUT2D eigenvalue weighted by Gasteiger charge is -2.36. The number of carbonyl (C=O) groups is 1. The van der Waals surface area contributed by atoms with Crippen LogP contribution >= 0.6 is 0 Å². The van der Waals surface area contributed by atoms with Gasteiger partial charge in [-0.2, -0.15) is 0 Å². The maximum atomic E-state index is 12.7. The number of piperidine rings is 1. The zero-order chi connectivity index (χ0) is 22.5. The highest BCUT2D eigenvalue weighted by molar-refractivity contribution is 5.76. The molecule has 0 aromatic heterocycles. The van der Waals surface area contributed by atoms with Crippen molar-refractivity contribution in [2.45, 2.75) is 118 Å². The summed E-state index contributed by atoms with van der Waals surface area (Å²) in [6, 6.07) is 0.539. The van der Waals surface area contributed by atoms with E-state index in [9.17, 15) is 4.79 Å². The smallest absolute Gasteiger partial charge is 0.222 e. The van der Waals surface area contributed by atoms with Gasteiger partial charge < -0.3 is 9.80 Å². The second kappa shape index (κ2) is 15.3. The first-order chi connectivity index (χ1) is 14.2. The maximum Gasteiger partial charge on any atom is 0.222 e. The minimum atomic E-state index is 0.383. The van der Waals surface area contributed by atoms with Crippen molar-refractivity contribution in [3.8, 4) is 0 Å². The number of rotatable bonds is 15. The maximum absolute atomic E-state index is 12.7. The summed E-state index contributed by atoms with van der Waals surface area (Å²) < 4.78 is 0. The SMILES string of the molecule is CC(C)CCCC(C)CCCC(C)CCCC(C)CC(=O)N1CCCC(N(C)C)C1. The number of amides is 1. The molecule has 0 spiro atoms. The highest BCUT2D eigenvalue weighted by Crippen LogP contribution is 2.23. The zero-order valence-corrected chi connectivity index (χ0v) is 21.6. The Bertz CT molecular complexity index is 448. The average Bonchev–Trinajstić information content (AvgIpc) is 2.67. The highest BCUT2D eigenvalue weighted by Gasteiger charge is 2.25. The fourth-order valence-electron chi connectivity index (χ4n) is 4.92. The topological polar surface area (TPSA) is 23.6 Å². The van der Waals surface area contributed by atoms with Crippen molar-refractivity contribution in [3.63, 3.8) is 0 Å². The fourth-order valence-corrected chi connectivity index (χ4v) is 4.92. The molecule has 3 nitrogen and oxygen atoms in total. The van der Waals surface area contributed by atoms with Crippen LogP contribution < -0.4 is 0 Å². The van der Waals surface area contributed by atoms with Gasteiger partial charge in [0.1, 0.15) is 0 Å². The van der Waals surface area contributed by atoms with Crippen molar-refractivity contribution in [3.05, 3.63) is 0 Å². The standard InChI is InChI=1S/C27H54N2O/c1-22(2)12-8-13-23(3)14-9-15-24(4)16-10-17-25(5)20-27(30)29-19-11-18-26(21-29)28(6)7/h22-26H,8-21H2,1-7H3. The third-order valence-electron chi connectivity index (χ3n) is 7.27. The van der Waals surface area contributed by atoms with Gasteiger partial charge in [0.2, 0.25) is 5.91 Å². The monoisotopic (exact) mass is 422 g/mol. The van der Waals surface area contributed by atoms with E-state index in [1.54, 1.807) is 0 Å². The van der Waals surface area contributed by atoms with Gasteiger partial charge in [-0.1, -0.05) is 92.4 Å². The quantitative estimate of drug-likeness (QED) is 0.283. The Morgan fingerprint density at radius 3 is 1.83 bits per heavy atom. The summed E-state index contributed by atoms with van der Waals surface area (Å²) in [4.78, 5) is 17.1. The Hall–Kier alpha value is -0.570. The summed E-state index contributed by atoms with van der Waals surface area (Å²) in [6.45, 7) is 13.7. The molecule has 1 amide bonds. The molecule has 0 bridgehead atoms. The Labute approximate surface area is 189 Å². The van der Waals surface area contributed by atoms with E-state index in [4.69, 9.17) is 0 Å². The van der Waals surface area contributed by atoms with E-state index in [1.165, 1.54) is 64.2 Å². The molecule has 0 aliphatic carbocycles. The van der Waals surface area contributed by atoms with Crippen LogP contribution in [0.4, 0.5) is 0 Å². The van der Waals surface area contributed by atoms with E-state index >= 15 is 0 Å². The number of hydrogen-bond acceptors (Lipinski definition) is 2. The first-order valence-electron chi connectivity index (χ1n) is 13.1. The molecule has 4 atom stereocenters. The fraction of sp³-hybridized carbons (Fsp3) is 0.963. The summed E-state index contributed by atoms with van der Waals surface area (Å²) in [5.41, 5.74) is 0. The van der Waals surface area contributed by atoms with E-state index < -0.39 is 0 Å². The van der Waals surface area contributed by atoms with Crippen molar-refractivity contribution in [1.29, 1.82) is 0 Å². The molecule has 0 saturated carbocycles. The summed E-state index contributed by atoms with van der Waals surface area (Å²) in [6.07, 6.45) is 15.3. The van der Waals surface area contributed by atoms with E-state index in [1.807, 2.05) is 0 Å². The van der Waals surface area contributed by atoms with Gasteiger partial charge in [0.05, 0.1) is 0 Å². The average molecular weight is 423 g/mol. The second-order valence-electron chi connectivity index (χ2n) is 11.3. The molecule has 0 aromatic rings. The van der Waals surface area contributed by atoms with Crippen LogP contribution in [-0.2, 0) is 4.79 Å². The van der Waals surface area contributed by atoms with Crippen molar-refractivity contribution >= 4 is 5.91 Å². The van der Waals surface area contributed by atoms with E-state index in [-0.39, 0.29) is 0 Å². The largest absolute Gasteiger partial charge is 0.341 e. The molecule has 3 heteroatoms. The van der Waals surface area contributed by atoms with E-state index in [2.05, 4.69) is 58.5 Å². The van der Waals surface area contributed by atoms with Gasteiger partial charge >= 0.3 is 0 Å². The first-order valence-corrected chi connectivity index (χ1v) is 13.1. The van der Waals surface area contributed by atoms with E-state index in [0.717, 1.165) is 43.7 Å². The zero-order valence-electron chi connectivity index (χ0n) is 21.6. The third-order valence-corrected chi connectivity index (χ3v) is 7.27. The van der Waals surface area contributed by atoms with Gasteiger partial charge in [-0.15, -0.1) is 0 Å². The molecule has 0 radical (unpaired) electrons. The molecular formula is C27H54N2O. The number of likely N-dealkylation sites (tertiary alicyclic amines) is 1. The predicted molar refractivity (Wildman–Crippen MR) is 132 cm³/mol. The van der Waals surface area contributed by atoms with Crippen LogP contribution in [0.25, 0.3) is 0 Å². The lowest BCUT2D eigenvalue weighted by Crippen LogP contribution is -2.47. The minimum Gasteiger partial charge on any atom is -0.341 e. The van der Waals surface area contributed by atoms with Gasteiger partial charge in [0.25, 0.3) is 0 Å². The highest BCUT2D eigenvalue weighted by atomic mass is 16.2. The number of likely N-dealkylation sites (N-methyl/N-ethyl adjacent to an activating group) is 1. The molecule has 0 N–H and O–H groups in total. The van der Waals surface area contributed by atoms with Crippen molar-refractivity contribution in [2.75, 3.05) is 27.2 Å². The van der Waals surface area contributed by atoms with Crippen LogP contribution in [0, 0.1) is 23.7 Å². The van der Waals surface area contributed by atoms with Gasteiger partial charge in [-0.05, 0) is 50.6 Å². The summed E-state index contributed by atoms with van der Waals surface area (Å²) >= 11 is 0. The van der Waals surface area contributed by atoms with Gasteiger partial charge in [-0.25, -0.2) is 0 Å². The van der Waals surface area contributed by atoms with Crippen molar-refractivity contribution in [2.24, 2.45) is 23.7 Å². The Morgan fingerprint density at radius 1 is 0.833 bits per heavy atom. The molecule has 4 unspecified atom stereocenters. The lowest BCUT2D eigenvalue weighted by atomic mass is 9.90. The summed E-state index contributed by atoms with van der Waals surface area (Å²) in [7, 11) is 4.27. The molecular weight excluding hydrogens is 368 g/mol. The molecule has 1 aliphatic heterocycles. The van der Waals surface area contributed by atoms with Crippen molar-refractivity contribution < 1.29 is 4.79 Å². The number of hydrogen-bond donors (Lipinski definition) is 0. The molecule has 1 fully saturated rings. The molecule has 1 saturated heterocycles. The first kappa shape index (κ1) is 27.5. The van der Waals surface area contributed by atoms with Crippen LogP contribution in [0.5, 0.6) is 0 Å². The van der Waals surface area contributed by atoms with Crippen LogP contribution in [0.15, 0.2) is 0 Å². The molecule has 1 rings (SSSR count). The molecule has 1 heterocycles. The van der Waals surface area contributed by atoms with Gasteiger partial charge in [0, 0.05) is 25.6 Å². The minimum absolute atomic E-state index is 0.383. The Morgan fingerprint density at radius 2 is 1.33 bits per heavy atom. The number of nitrogens with zero attached hydrogens (tertiary/aromatic N) is 2. The lowest BCUT2D eigenvalue weighted by molar-refractivity contribution is -0.134. The normalized spacial score (nSPS) is 20.6. The number of carbonyl (C=O) groups excluding carboxylic acids is 1. The van der Waals surface area contributed by atoms with E-state index in [0.29, 0.717) is 17.9 Å². The molecule has 30 heavy (non-hydrogen) atoms. The summed E-state index contributed by atoms with van der Waals surface area (Å²) in [5, 5.41) is 0. The molecule has 178 valence electrons. The van der Waals surface area contributed by atoms with Crippen LogP contribution in [-0.4, -0.2) is 48.9 Å². The van der Waals surface area contributed by atoms with Crippen molar-refractivity contribution in [1.82, 2.24) is 9.80 Å². The predicted octanol–water partition coefficient (Wildman–Crippen LogP) is 7.00. The second-order valence-corrected chi connectivity index (χ2v) is 11.3. The Kier molecular flexibility index (Phi) is 14.0. The summed E-state index contributed by atoms with van der Waals surface area (Å²) in [5.74, 6) is 3.48. The third kappa shape index (κ3) is 12.3. The van der Waals surface area contributed by atoms with Gasteiger partial charge in [0.15, 0.2) is 0 Å². The van der Waals surface area contributed by atoms with Crippen LogP contribution in [0.2, 0.25) is 0 Å². The molecule has 0 aromatic carbocycles. The van der Waals surface area contributed by atoms with Crippen LogP contribution in [0.3, 0.4) is 0 Å². The van der Waals surface area contributed by atoms with Gasteiger partial charge in [-0.3, -0.25) is 4.79 Å².